The van der Waals surface area contributed by atoms with E-state index < -0.39 is 0 Å². The Kier molecular flexibility index (Phi) is 6.69. The average molecular weight is 480 g/mol. The summed E-state index contributed by atoms with van der Waals surface area (Å²) in [7, 11) is 5.67. The van der Waals surface area contributed by atoms with Crippen LogP contribution in [0.2, 0.25) is 0 Å². The topological polar surface area (TPSA) is 77.1 Å². The third-order valence-corrected chi connectivity index (χ3v) is 7.69. The average Bonchev–Trinajstić information content (AvgIpc) is 3.36. The monoisotopic (exact) mass is 479 g/mol. The molecular weight excluding hydrogens is 442 g/mol. The minimum absolute atomic E-state index is 0.0921. The second-order valence-corrected chi connectivity index (χ2v) is 10.1. The Bertz CT molecular complexity index is 1060. The first kappa shape index (κ1) is 23.7. The number of likely N-dealkylation sites (N-methyl/N-ethyl adjacent to an activating group) is 1. The fourth-order valence-corrected chi connectivity index (χ4v) is 5.56. The van der Waals surface area contributed by atoms with Crippen molar-refractivity contribution in [2.75, 3.05) is 67.4 Å². The minimum atomic E-state index is 0.0921. The fraction of sp³-hybridized carbons (Fsp3) is 0.577. The highest BCUT2D eigenvalue weighted by Crippen LogP contribution is 2.39. The molecule has 5 rings (SSSR count). The van der Waals surface area contributed by atoms with Crippen LogP contribution < -0.4 is 24.8 Å². The number of benzene rings is 1. The molecule has 1 amide bonds. The second-order valence-electron chi connectivity index (χ2n) is 10.1. The van der Waals surface area contributed by atoms with Crippen LogP contribution >= 0.6 is 0 Å². The molecule has 0 radical (unpaired) electrons. The molecule has 9 heteroatoms. The second kappa shape index (κ2) is 9.89. The number of ether oxygens (including phenoxy) is 1. The van der Waals surface area contributed by atoms with E-state index >= 15 is 0 Å². The normalized spacial score (nSPS) is 21.8. The lowest BCUT2D eigenvalue weighted by Gasteiger charge is -2.35. The highest BCUT2D eigenvalue weighted by molar-refractivity contribution is 5.97. The number of hydrogen-bond donors (Lipinski definition) is 1. The maximum absolute atomic E-state index is 12.8. The third kappa shape index (κ3) is 4.74. The lowest BCUT2D eigenvalue weighted by Crippen LogP contribution is -2.44. The summed E-state index contributed by atoms with van der Waals surface area (Å²) in [5.74, 6) is 2.20. The van der Waals surface area contributed by atoms with Crippen LogP contribution in [0, 0.1) is 0 Å². The number of rotatable bonds is 5. The summed E-state index contributed by atoms with van der Waals surface area (Å²) in [4.78, 5) is 31.1. The summed E-state index contributed by atoms with van der Waals surface area (Å²) >= 11 is 0. The van der Waals surface area contributed by atoms with Crippen molar-refractivity contribution >= 4 is 34.7 Å². The molecule has 188 valence electrons. The van der Waals surface area contributed by atoms with Crippen molar-refractivity contribution in [1.29, 1.82) is 0 Å². The van der Waals surface area contributed by atoms with Gasteiger partial charge in [-0.2, -0.15) is 4.98 Å². The maximum Gasteiger partial charge on any atom is 0.229 e. The number of carbonyl (C=O) groups excluding carboxylic acids is 1. The van der Waals surface area contributed by atoms with Gasteiger partial charge in [0.2, 0.25) is 11.9 Å². The van der Waals surface area contributed by atoms with Gasteiger partial charge in [0.05, 0.1) is 19.0 Å². The van der Waals surface area contributed by atoms with Gasteiger partial charge in [-0.15, -0.1) is 0 Å². The van der Waals surface area contributed by atoms with Crippen molar-refractivity contribution in [2.45, 2.75) is 51.1 Å². The van der Waals surface area contributed by atoms with E-state index in [1.54, 1.807) is 18.2 Å². The maximum atomic E-state index is 12.8. The number of amides is 1. The lowest BCUT2D eigenvalue weighted by molar-refractivity contribution is -0.118. The fourth-order valence-electron chi connectivity index (χ4n) is 5.56. The molecule has 1 aliphatic carbocycles. The third-order valence-electron chi connectivity index (χ3n) is 7.69. The van der Waals surface area contributed by atoms with E-state index in [0.29, 0.717) is 18.4 Å². The number of methoxy groups -OCH3 is 1. The summed E-state index contributed by atoms with van der Waals surface area (Å²) < 4.78 is 5.73. The zero-order chi connectivity index (χ0) is 24.5. The van der Waals surface area contributed by atoms with Crippen molar-refractivity contribution in [2.24, 2.45) is 0 Å². The van der Waals surface area contributed by atoms with E-state index in [2.05, 4.69) is 51.1 Å². The van der Waals surface area contributed by atoms with Gasteiger partial charge in [-0.3, -0.25) is 4.79 Å². The Morgan fingerprint density at radius 1 is 1.09 bits per heavy atom. The Hall–Kier alpha value is -3.07. The number of anilines is 5. The van der Waals surface area contributed by atoms with Gasteiger partial charge in [0.15, 0.2) is 5.82 Å². The molecule has 2 aromatic rings. The summed E-state index contributed by atoms with van der Waals surface area (Å²) in [5, 5.41) is 3.38. The minimum Gasteiger partial charge on any atom is -0.494 e. The highest BCUT2D eigenvalue weighted by Gasteiger charge is 2.35. The molecule has 1 N–H and O–H groups in total. The smallest absolute Gasteiger partial charge is 0.229 e. The molecule has 2 fully saturated rings. The Morgan fingerprint density at radius 3 is 2.54 bits per heavy atom. The Balaban J connectivity index is 1.44. The van der Waals surface area contributed by atoms with E-state index in [-0.39, 0.29) is 11.9 Å². The van der Waals surface area contributed by atoms with Crippen LogP contribution in [0.15, 0.2) is 24.4 Å². The quantitative estimate of drug-likeness (QED) is 0.699. The van der Waals surface area contributed by atoms with E-state index in [1.165, 1.54) is 12.8 Å². The van der Waals surface area contributed by atoms with E-state index in [0.717, 1.165) is 67.7 Å². The first-order valence-corrected chi connectivity index (χ1v) is 12.7. The molecule has 1 saturated carbocycles. The van der Waals surface area contributed by atoms with Crippen molar-refractivity contribution in [3.05, 3.63) is 24.4 Å². The predicted molar refractivity (Wildman–Crippen MR) is 140 cm³/mol. The molecule has 1 aromatic heterocycles. The van der Waals surface area contributed by atoms with Gasteiger partial charge in [-0.25, -0.2) is 4.98 Å². The highest BCUT2D eigenvalue weighted by atomic mass is 16.5. The van der Waals surface area contributed by atoms with E-state index in [9.17, 15) is 4.79 Å². The van der Waals surface area contributed by atoms with Crippen LogP contribution in [0.5, 0.6) is 5.75 Å². The number of piperazine rings is 1. The van der Waals surface area contributed by atoms with Gasteiger partial charge in [0.25, 0.3) is 0 Å². The molecule has 35 heavy (non-hydrogen) atoms. The number of hydrogen-bond acceptors (Lipinski definition) is 8. The van der Waals surface area contributed by atoms with Gasteiger partial charge in [0, 0.05) is 63.5 Å². The number of carbonyl (C=O) groups is 1. The Labute approximate surface area is 208 Å². The molecule has 1 atom stereocenters. The van der Waals surface area contributed by atoms with Crippen LogP contribution in [-0.2, 0) is 4.79 Å². The standard InChI is InChI=1S/C26H37N7O2/c1-18-15-24(34)31(3)22-17-27-26(29-25(22)33(18)19-7-5-6-8-19)28-21-10-9-20(16-23(21)35-4)32-13-11-30(2)12-14-32/h9-10,16-19H,5-8,11-15H2,1-4H3,(H,27,28,29). The van der Waals surface area contributed by atoms with Crippen LogP contribution in [0.4, 0.5) is 28.8 Å². The van der Waals surface area contributed by atoms with Crippen molar-refractivity contribution < 1.29 is 9.53 Å². The summed E-state index contributed by atoms with van der Waals surface area (Å²) in [5.41, 5.74) is 2.75. The summed E-state index contributed by atoms with van der Waals surface area (Å²) in [6.45, 7) is 6.24. The van der Waals surface area contributed by atoms with Crippen LogP contribution in [0.3, 0.4) is 0 Å². The first-order chi connectivity index (χ1) is 16.9. The summed E-state index contributed by atoms with van der Waals surface area (Å²) in [6.07, 6.45) is 6.97. The van der Waals surface area contributed by atoms with Crippen molar-refractivity contribution in [3.8, 4) is 5.75 Å². The van der Waals surface area contributed by atoms with Gasteiger partial charge < -0.3 is 29.7 Å². The van der Waals surface area contributed by atoms with Crippen molar-refractivity contribution in [3.63, 3.8) is 0 Å². The van der Waals surface area contributed by atoms with Gasteiger partial charge in [-0.1, -0.05) is 12.8 Å². The van der Waals surface area contributed by atoms with Crippen LogP contribution in [-0.4, -0.2) is 80.2 Å². The molecule has 2 aliphatic heterocycles. The molecule has 1 unspecified atom stereocenters. The predicted octanol–water partition coefficient (Wildman–Crippen LogP) is 3.48. The number of aromatic nitrogens is 2. The van der Waals surface area contributed by atoms with Gasteiger partial charge in [-0.05, 0) is 38.9 Å². The van der Waals surface area contributed by atoms with Gasteiger partial charge >= 0.3 is 0 Å². The van der Waals surface area contributed by atoms with Crippen LogP contribution in [0.1, 0.15) is 39.0 Å². The SMILES string of the molecule is COc1cc(N2CCN(C)CC2)ccc1Nc1ncc2c(n1)N(C1CCCC1)C(C)CC(=O)N2C. The zero-order valence-corrected chi connectivity index (χ0v) is 21.3. The lowest BCUT2D eigenvalue weighted by atomic mass is 10.1. The number of nitrogens with one attached hydrogen (secondary N) is 1. The van der Waals surface area contributed by atoms with E-state index in [1.807, 2.05) is 13.1 Å². The van der Waals surface area contributed by atoms with Crippen LogP contribution in [0.25, 0.3) is 0 Å². The molecule has 0 spiro atoms. The molecule has 9 nitrogen and oxygen atoms in total. The molecule has 3 heterocycles. The molecule has 1 saturated heterocycles. The zero-order valence-electron chi connectivity index (χ0n) is 21.3. The van der Waals surface area contributed by atoms with Crippen molar-refractivity contribution in [1.82, 2.24) is 14.9 Å². The Morgan fingerprint density at radius 2 is 1.83 bits per heavy atom. The largest absolute Gasteiger partial charge is 0.494 e. The molecule has 0 bridgehead atoms. The van der Waals surface area contributed by atoms with E-state index in [4.69, 9.17) is 9.72 Å². The molecular formula is C26H37N7O2. The number of nitrogens with zero attached hydrogens (tertiary/aromatic N) is 6. The summed E-state index contributed by atoms with van der Waals surface area (Å²) in [6, 6.07) is 6.74. The first-order valence-electron chi connectivity index (χ1n) is 12.7. The molecule has 1 aromatic carbocycles. The number of fused-ring (bicyclic) bond motifs is 1. The van der Waals surface area contributed by atoms with Gasteiger partial charge in [0.1, 0.15) is 11.4 Å². The molecule has 3 aliphatic rings.